The molecule has 0 bridgehead atoms. The average Bonchev–Trinajstić information content (AvgIpc) is 2.55. The van der Waals surface area contributed by atoms with Crippen LogP contribution in [0.15, 0.2) is 18.5 Å². The van der Waals surface area contributed by atoms with Crippen molar-refractivity contribution in [3.63, 3.8) is 0 Å². The van der Waals surface area contributed by atoms with E-state index in [1.54, 1.807) is 6.20 Å². The van der Waals surface area contributed by atoms with Crippen molar-refractivity contribution < 1.29 is 4.79 Å². The maximum absolute atomic E-state index is 11.9. The molecule has 76 valence electrons. The molecule has 0 atom stereocenters. The molecule has 0 saturated heterocycles. The van der Waals surface area contributed by atoms with E-state index in [0.717, 1.165) is 0 Å². The van der Waals surface area contributed by atoms with Gasteiger partial charge in [0.25, 0.3) is 0 Å². The first-order chi connectivity index (χ1) is 6.38. The number of carbonyl (C=O) groups is 1. The van der Waals surface area contributed by atoms with Crippen LogP contribution in [-0.4, -0.2) is 15.6 Å². The lowest BCUT2D eigenvalue weighted by Gasteiger charge is -2.55. The molecule has 1 aromatic rings. The largest absolute Gasteiger partial charge is 0.298 e. The maximum Gasteiger partial charge on any atom is 0.148 e. The Morgan fingerprint density at radius 1 is 1.29 bits per heavy atom. The van der Waals surface area contributed by atoms with Gasteiger partial charge in [-0.1, -0.05) is 27.7 Å². The molecule has 0 aromatic carbocycles. The minimum absolute atomic E-state index is 0.178. The maximum atomic E-state index is 11.9. The van der Waals surface area contributed by atoms with Gasteiger partial charge in [-0.25, -0.2) is 0 Å². The molecule has 3 heteroatoms. The summed E-state index contributed by atoms with van der Waals surface area (Å²) in [4.78, 5) is 11.9. The summed E-state index contributed by atoms with van der Waals surface area (Å²) < 4.78 is 1.90. The van der Waals surface area contributed by atoms with Crippen molar-refractivity contribution in [1.82, 2.24) is 9.78 Å². The van der Waals surface area contributed by atoms with E-state index in [2.05, 4.69) is 5.10 Å². The minimum Gasteiger partial charge on any atom is -0.298 e. The number of ketones is 1. The van der Waals surface area contributed by atoms with Gasteiger partial charge < -0.3 is 0 Å². The molecule has 0 amide bonds. The Bertz CT molecular complexity index is 345. The number of nitrogens with zero attached hydrogens (tertiary/aromatic N) is 2. The van der Waals surface area contributed by atoms with Crippen LogP contribution in [0.5, 0.6) is 0 Å². The van der Waals surface area contributed by atoms with Gasteiger partial charge in [-0.15, -0.1) is 0 Å². The molecule has 1 fully saturated rings. The van der Waals surface area contributed by atoms with Crippen LogP contribution in [0.2, 0.25) is 0 Å². The average molecular weight is 192 g/mol. The standard InChI is InChI=1S/C11H16N2O/c1-10(2)8(11(3,4)9(10)14)13-7-5-6-12-13/h5-8H,1-4H3. The van der Waals surface area contributed by atoms with Gasteiger partial charge in [0, 0.05) is 23.2 Å². The molecule has 0 radical (unpaired) electrons. The van der Waals surface area contributed by atoms with Gasteiger partial charge in [-0.3, -0.25) is 9.48 Å². The topological polar surface area (TPSA) is 34.9 Å². The highest BCUT2D eigenvalue weighted by Crippen LogP contribution is 2.57. The van der Waals surface area contributed by atoms with Crippen LogP contribution >= 0.6 is 0 Å². The van der Waals surface area contributed by atoms with Crippen molar-refractivity contribution in [3.05, 3.63) is 18.5 Å². The highest BCUT2D eigenvalue weighted by molar-refractivity contribution is 5.96. The Balaban J connectivity index is 2.41. The number of hydrogen-bond acceptors (Lipinski definition) is 2. The zero-order valence-electron chi connectivity index (χ0n) is 9.11. The third-order valence-electron chi connectivity index (χ3n) is 3.33. The summed E-state index contributed by atoms with van der Waals surface area (Å²) in [6.45, 7) is 7.97. The monoisotopic (exact) mass is 192 g/mol. The van der Waals surface area contributed by atoms with E-state index in [1.165, 1.54) is 0 Å². The molecule has 1 heterocycles. The second-order valence-electron chi connectivity index (χ2n) is 5.16. The van der Waals surface area contributed by atoms with Crippen molar-refractivity contribution in [1.29, 1.82) is 0 Å². The van der Waals surface area contributed by atoms with Gasteiger partial charge in [-0.05, 0) is 6.07 Å². The number of hydrogen-bond donors (Lipinski definition) is 0. The van der Waals surface area contributed by atoms with E-state index in [1.807, 2.05) is 44.6 Å². The molecule has 3 nitrogen and oxygen atoms in total. The van der Waals surface area contributed by atoms with Crippen LogP contribution in [-0.2, 0) is 4.79 Å². The van der Waals surface area contributed by atoms with E-state index in [0.29, 0.717) is 5.78 Å². The third kappa shape index (κ3) is 0.925. The summed E-state index contributed by atoms with van der Waals surface area (Å²) in [7, 11) is 0. The Morgan fingerprint density at radius 2 is 1.86 bits per heavy atom. The number of rotatable bonds is 1. The summed E-state index contributed by atoms with van der Waals surface area (Å²) in [6.07, 6.45) is 3.69. The fourth-order valence-electron chi connectivity index (χ4n) is 3.00. The first-order valence-electron chi connectivity index (χ1n) is 4.92. The van der Waals surface area contributed by atoms with Crippen molar-refractivity contribution in [3.8, 4) is 0 Å². The molecule has 2 rings (SSSR count). The van der Waals surface area contributed by atoms with Gasteiger partial charge in [0.05, 0.1) is 6.04 Å². The smallest absolute Gasteiger partial charge is 0.148 e. The Kier molecular flexibility index (Phi) is 1.66. The van der Waals surface area contributed by atoms with Crippen LogP contribution in [0, 0.1) is 10.8 Å². The zero-order valence-corrected chi connectivity index (χ0v) is 9.11. The van der Waals surface area contributed by atoms with E-state index in [-0.39, 0.29) is 16.9 Å². The molecule has 0 aliphatic heterocycles. The molecule has 0 spiro atoms. The quantitative estimate of drug-likeness (QED) is 0.682. The van der Waals surface area contributed by atoms with Gasteiger partial charge in [0.15, 0.2) is 0 Å². The molecular weight excluding hydrogens is 176 g/mol. The van der Waals surface area contributed by atoms with Crippen LogP contribution in [0.25, 0.3) is 0 Å². The Morgan fingerprint density at radius 3 is 2.29 bits per heavy atom. The molecular formula is C11H16N2O. The van der Waals surface area contributed by atoms with Crippen molar-refractivity contribution in [2.75, 3.05) is 0 Å². The lowest BCUT2D eigenvalue weighted by Crippen LogP contribution is -2.60. The molecule has 0 unspecified atom stereocenters. The van der Waals surface area contributed by atoms with Crippen molar-refractivity contribution in [2.24, 2.45) is 10.8 Å². The normalized spacial score (nSPS) is 24.7. The SMILES string of the molecule is CC1(C)C(=O)C(C)(C)C1n1cccn1. The highest BCUT2D eigenvalue weighted by Gasteiger charge is 2.62. The van der Waals surface area contributed by atoms with E-state index in [9.17, 15) is 4.79 Å². The molecule has 1 aromatic heterocycles. The highest BCUT2D eigenvalue weighted by atomic mass is 16.1. The summed E-state index contributed by atoms with van der Waals surface area (Å²) in [5.74, 6) is 0.325. The fraction of sp³-hybridized carbons (Fsp3) is 0.636. The van der Waals surface area contributed by atoms with Crippen molar-refractivity contribution in [2.45, 2.75) is 33.7 Å². The van der Waals surface area contributed by atoms with Crippen LogP contribution < -0.4 is 0 Å². The first-order valence-corrected chi connectivity index (χ1v) is 4.92. The third-order valence-corrected chi connectivity index (χ3v) is 3.33. The van der Waals surface area contributed by atoms with Crippen LogP contribution in [0.1, 0.15) is 33.7 Å². The van der Waals surface area contributed by atoms with Gasteiger partial charge in [-0.2, -0.15) is 5.10 Å². The van der Waals surface area contributed by atoms with Crippen LogP contribution in [0.4, 0.5) is 0 Å². The first kappa shape index (κ1) is 9.44. The summed E-state index contributed by atoms with van der Waals surface area (Å²) in [6, 6.07) is 2.08. The van der Waals surface area contributed by atoms with Gasteiger partial charge in [0.2, 0.25) is 0 Å². The number of aromatic nitrogens is 2. The van der Waals surface area contributed by atoms with E-state index < -0.39 is 0 Å². The molecule has 1 saturated carbocycles. The number of Topliss-reactive ketones (excluding diaryl/α,β-unsaturated/α-hetero) is 1. The Hall–Kier alpha value is -1.12. The van der Waals surface area contributed by atoms with Gasteiger partial charge >= 0.3 is 0 Å². The molecule has 1 aliphatic carbocycles. The molecule has 1 aliphatic rings. The summed E-state index contributed by atoms with van der Waals surface area (Å²) in [5.41, 5.74) is -0.564. The predicted octanol–water partition coefficient (Wildman–Crippen LogP) is 2.06. The zero-order chi connectivity index (χ0) is 10.6. The Labute approximate surface area is 84.1 Å². The summed E-state index contributed by atoms with van der Waals surface area (Å²) in [5, 5.41) is 4.23. The van der Waals surface area contributed by atoms with Crippen LogP contribution in [0.3, 0.4) is 0 Å². The second-order valence-corrected chi connectivity index (χ2v) is 5.16. The molecule has 14 heavy (non-hydrogen) atoms. The van der Waals surface area contributed by atoms with E-state index in [4.69, 9.17) is 0 Å². The van der Waals surface area contributed by atoms with Crippen molar-refractivity contribution >= 4 is 5.78 Å². The lowest BCUT2D eigenvalue weighted by atomic mass is 9.51. The van der Waals surface area contributed by atoms with E-state index >= 15 is 0 Å². The fourth-order valence-corrected chi connectivity index (χ4v) is 3.00. The minimum atomic E-state index is -0.282. The predicted molar refractivity (Wildman–Crippen MR) is 53.8 cm³/mol. The summed E-state index contributed by atoms with van der Waals surface area (Å²) >= 11 is 0. The molecule has 0 N–H and O–H groups in total. The second kappa shape index (κ2) is 2.47. The number of carbonyl (C=O) groups excluding carboxylic acids is 1. The van der Waals surface area contributed by atoms with Gasteiger partial charge in [0.1, 0.15) is 5.78 Å². The lowest BCUT2D eigenvalue weighted by molar-refractivity contribution is -0.164.